The highest BCUT2D eigenvalue weighted by molar-refractivity contribution is 5.90. The maximum atomic E-state index is 12.6. The molecule has 0 aromatic carbocycles. The Hall–Kier alpha value is -1.73. The molecule has 1 amide bonds. The van der Waals surface area contributed by atoms with Crippen LogP contribution in [0.15, 0.2) is 12.4 Å². The van der Waals surface area contributed by atoms with Crippen molar-refractivity contribution < 1.29 is 14.3 Å². The summed E-state index contributed by atoms with van der Waals surface area (Å²) in [5.74, 6) is 1.24. The molecule has 2 fully saturated rings. The second-order valence-corrected chi connectivity index (χ2v) is 6.12. The monoisotopic (exact) mass is 320 g/mol. The van der Waals surface area contributed by atoms with Crippen molar-refractivity contribution in [3.05, 3.63) is 18.2 Å². The zero-order chi connectivity index (χ0) is 16.1. The first-order valence-corrected chi connectivity index (χ1v) is 8.21. The van der Waals surface area contributed by atoms with Gasteiger partial charge in [-0.05, 0) is 18.8 Å². The number of carbonyl (C=O) groups excluding carboxylic acids is 1. The number of nitrogens with zero attached hydrogens (tertiary/aromatic N) is 4. The van der Waals surface area contributed by atoms with Crippen LogP contribution in [-0.4, -0.2) is 78.7 Å². The van der Waals surface area contributed by atoms with Gasteiger partial charge in [0.2, 0.25) is 5.82 Å². The van der Waals surface area contributed by atoms with Gasteiger partial charge in [0, 0.05) is 32.7 Å². The summed E-state index contributed by atoms with van der Waals surface area (Å²) in [6.45, 7) is 6.22. The SMILES string of the molecule is COc1cnc(C(=O)N2CCC[C@@H](CN3CCOCC3)C2)nc1. The molecule has 1 aromatic heterocycles. The van der Waals surface area contributed by atoms with Crippen molar-refractivity contribution in [3.63, 3.8) is 0 Å². The molecule has 1 aromatic rings. The maximum absolute atomic E-state index is 12.6. The summed E-state index contributed by atoms with van der Waals surface area (Å²) in [6.07, 6.45) is 5.28. The number of likely N-dealkylation sites (tertiary alicyclic amines) is 1. The standard InChI is InChI=1S/C16H24N4O3/c1-22-14-9-17-15(18-10-14)16(21)20-4-2-3-13(12-20)11-19-5-7-23-8-6-19/h9-10,13H,2-8,11-12H2,1H3/t13-/m0/s1. The van der Waals surface area contributed by atoms with Gasteiger partial charge in [-0.2, -0.15) is 0 Å². The normalized spacial score (nSPS) is 22.8. The first-order valence-electron chi connectivity index (χ1n) is 8.21. The minimum Gasteiger partial charge on any atom is -0.494 e. The molecule has 0 radical (unpaired) electrons. The molecule has 3 rings (SSSR count). The van der Waals surface area contributed by atoms with Crippen molar-refractivity contribution in [2.75, 3.05) is 53.0 Å². The molecular formula is C16H24N4O3. The second-order valence-electron chi connectivity index (χ2n) is 6.12. The van der Waals surface area contributed by atoms with E-state index in [1.165, 1.54) is 18.8 Å². The average molecular weight is 320 g/mol. The lowest BCUT2D eigenvalue weighted by atomic mass is 9.97. The number of amides is 1. The largest absolute Gasteiger partial charge is 0.494 e. The van der Waals surface area contributed by atoms with Crippen LogP contribution in [0.3, 0.4) is 0 Å². The third kappa shape index (κ3) is 4.17. The summed E-state index contributed by atoms with van der Waals surface area (Å²) in [4.78, 5) is 25.1. The smallest absolute Gasteiger partial charge is 0.291 e. The van der Waals surface area contributed by atoms with Gasteiger partial charge in [0.05, 0.1) is 32.7 Å². The molecule has 1 atom stereocenters. The van der Waals surface area contributed by atoms with Crippen LogP contribution >= 0.6 is 0 Å². The van der Waals surface area contributed by atoms with Crippen LogP contribution in [0.2, 0.25) is 0 Å². The topological polar surface area (TPSA) is 67.8 Å². The first kappa shape index (κ1) is 16.1. The summed E-state index contributed by atoms with van der Waals surface area (Å²) in [6, 6.07) is 0. The van der Waals surface area contributed by atoms with E-state index in [1.54, 1.807) is 7.11 Å². The van der Waals surface area contributed by atoms with Crippen LogP contribution in [-0.2, 0) is 4.74 Å². The summed E-state index contributed by atoms with van der Waals surface area (Å²) < 4.78 is 10.4. The van der Waals surface area contributed by atoms with Gasteiger partial charge in [-0.25, -0.2) is 9.97 Å². The highest BCUT2D eigenvalue weighted by Crippen LogP contribution is 2.19. The third-order valence-electron chi connectivity index (χ3n) is 4.48. The van der Waals surface area contributed by atoms with Gasteiger partial charge < -0.3 is 14.4 Å². The zero-order valence-electron chi connectivity index (χ0n) is 13.6. The molecule has 7 nitrogen and oxygen atoms in total. The lowest BCUT2D eigenvalue weighted by molar-refractivity contribution is 0.0222. The summed E-state index contributed by atoms with van der Waals surface area (Å²) in [5.41, 5.74) is 0. The Kier molecular flexibility index (Phi) is 5.40. The Morgan fingerprint density at radius 3 is 2.74 bits per heavy atom. The number of hydrogen-bond acceptors (Lipinski definition) is 6. The Morgan fingerprint density at radius 2 is 2.04 bits per heavy atom. The van der Waals surface area contributed by atoms with Crippen molar-refractivity contribution in [1.82, 2.24) is 19.8 Å². The lowest BCUT2D eigenvalue weighted by Crippen LogP contribution is -2.46. The van der Waals surface area contributed by atoms with Crippen molar-refractivity contribution in [1.29, 1.82) is 0 Å². The van der Waals surface area contributed by atoms with Crippen molar-refractivity contribution in [2.45, 2.75) is 12.8 Å². The van der Waals surface area contributed by atoms with E-state index in [2.05, 4.69) is 14.9 Å². The molecule has 3 heterocycles. The zero-order valence-corrected chi connectivity index (χ0v) is 13.6. The van der Waals surface area contributed by atoms with Gasteiger partial charge in [0.1, 0.15) is 0 Å². The van der Waals surface area contributed by atoms with Crippen molar-refractivity contribution >= 4 is 5.91 Å². The Morgan fingerprint density at radius 1 is 1.30 bits per heavy atom. The second kappa shape index (κ2) is 7.70. The number of piperidine rings is 1. The highest BCUT2D eigenvalue weighted by atomic mass is 16.5. The van der Waals surface area contributed by atoms with Crippen LogP contribution in [0, 0.1) is 5.92 Å². The predicted molar refractivity (Wildman–Crippen MR) is 84.5 cm³/mol. The van der Waals surface area contributed by atoms with E-state index >= 15 is 0 Å². The van der Waals surface area contributed by atoms with E-state index in [0.29, 0.717) is 11.7 Å². The summed E-state index contributed by atoms with van der Waals surface area (Å²) in [7, 11) is 1.56. The fraction of sp³-hybridized carbons (Fsp3) is 0.688. The lowest BCUT2D eigenvalue weighted by Gasteiger charge is -2.36. The van der Waals surface area contributed by atoms with Crippen LogP contribution in [0.1, 0.15) is 23.5 Å². The minimum atomic E-state index is -0.0840. The fourth-order valence-corrected chi connectivity index (χ4v) is 3.22. The van der Waals surface area contributed by atoms with E-state index in [4.69, 9.17) is 9.47 Å². The van der Waals surface area contributed by atoms with Gasteiger partial charge in [0.25, 0.3) is 5.91 Å². The fourth-order valence-electron chi connectivity index (χ4n) is 3.22. The summed E-state index contributed by atoms with van der Waals surface area (Å²) >= 11 is 0. The van der Waals surface area contributed by atoms with E-state index < -0.39 is 0 Å². The van der Waals surface area contributed by atoms with Gasteiger partial charge in [-0.1, -0.05) is 0 Å². The van der Waals surface area contributed by atoms with Crippen molar-refractivity contribution in [2.24, 2.45) is 5.92 Å². The van der Waals surface area contributed by atoms with Crippen LogP contribution < -0.4 is 4.74 Å². The van der Waals surface area contributed by atoms with Crippen LogP contribution in [0.5, 0.6) is 5.75 Å². The predicted octanol–water partition coefficient (Wildman–Crippen LogP) is 0.670. The molecule has 0 bridgehead atoms. The Bertz CT molecular complexity index is 517. The molecule has 0 unspecified atom stereocenters. The number of aromatic nitrogens is 2. The molecular weight excluding hydrogens is 296 g/mol. The number of morpholine rings is 1. The van der Waals surface area contributed by atoms with Crippen LogP contribution in [0.4, 0.5) is 0 Å². The molecule has 0 saturated carbocycles. The number of methoxy groups -OCH3 is 1. The van der Waals surface area contributed by atoms with E-state index in [1.807, 2.05) is 4.90 Å². The van der Waals surface area contributed by atoms with Gasteiger partial charge in [0.15, 0.2) is 5.75 Å². The molecule has 0 aliphatic carbocycles. The molecule has 0 N–H and O–H groups in total. The first-order chi connectivity index (χ1) is 11.3. The Balaban J connectivity index is 1.57. The van der Waals surface area contributed by atoms with Gasteiger partial charge >= 0.3 is 0 Å². The minimum absolute atomic E-state index is 0.0840. The average Bonchev–Trinajstić information content (AvgIpc) is 2.62. The number of rotatable bonds is 4. The number of ether oxygens (including phenoxy) is 2. The molecule has 0 spiro atoms. The molecule has 126 valence electrons. The van der Waals surface area contributed by atoms with Crippen molar-refractivity contribution in [3.8, 4) is 5.75 Å². The number of carbonyl (C=O) groups is 1. The van der Waals surface area contributed by atoms with E-state index in [0.717, 1.165) is 52.4 Å². The number of hydrogen-bond donors (Lipinski definition) is 0. The highest BCUT2D eigenvalue weighted by Gasteiger charge is 2.27. The Labute approximate surface area is 136 Å². The summed E-state index contributed by atoms with van der Waals surface area (Å²) in [5, 5.41) is 0. The molecule has 23 heavy (non-hydrogen) atoms. The molecule has 2 aliphatic rings. The van der Waals surface area contributed by atoms with Gasteiger partial charge in [-0.3, -0.25) is 9.69 Å². The van der Waals surface area contributed by atoms with E-state index in [9.17, 15) is 4.79 Å². The van der Waals surface area contributed by atoms with Gasteiger partial charge in [-0.15, -0.1) is 0 Å². The third-order valence-corrected chi connectivity index (χ3v) is 4.48. The molecule has 2 saturated heterocycles. The van der Waals surface area contributed by atoms with Crippen LogP contribution in [0.25, 0.3) is 0 Å². The molecule has 2 aliphatic heterocycles. The molecule has 7 heteroatoms. The maximum Gasteiger partial charge on any atom is 0.291 e. The van der Waals surface area contributed by atoms with E-state index in [-0.39, 0.29) is 11.7 Å². The quantitative estimate of drug-likeness (QED) is 0.812.